The van der Waals surface area contributed by atoms with Gasteiger partial charge in [-0.05, 0) is 26.2 Å². The summed E-state index contributed by atoms with van der Waals surface area (Å²) in [4.78, 5) is 85.8. The Labute approximate surface area is 367 Å². The van der Waals surface area contributed by atoms with Crippen LogP contribution in [0.3, 0.4) is 0 Å². The van der Waals surface area contributed by atoms with Gasteiger partial charge in [-0.1, -0.05) is 0 Å². The zero-order chi connectivity index (χ0) is 47.7. The first-order valence-corrected chi connectivity index (χ1v) is 20.5. The van der Waals surface area contributed by atoms with Gasteiger partial charge < -0.3 is 96.9 Å². The topological polar surface area (TPSA) is 443 Å². The van der Waals surface area contributed by atoms with Crippen LogP contribution in [0.25, 0.3) is 11.2 Å². The normalized spacial score (nSPS) is 31.8. The van der Waals surface area contributed by atoms with Gasteiger partial charge in [0.25, 0.3) is 5.56 Å². The maximum Gasteiger partial charge on any atom is 0.280 e. The SMILES string of the molecule is CC(=O)N[C@H]1[C@H](OCC(=O)N[C@@H](CCCCNC(=O)CNC(=O)CO[C@H]2O[C@@H](C)[C@@H](O)[C@@H](O)[C@@H]2O)C(=O)NC[C@H]2O[C@@H](n3cnc4c(=O)[nH]c(N)nc43)[C@H](O)[C@@H]2O)O[C@H](CO)[C@@H](O)[C@@H]1O. The second-order valence-corrected chi connectivity index (χ2v) is 15.5. The van der Waals surface area contributed by atoms with E-state index in [1.165, 1.54) is 11.5 Å². The van der Waals surface area contributed by atoms with Gasteiger partial charge in [-0.2, -0.15) is 4.98 Å². The summed E-state index contributed by atoms with van der Waals surface area (Å²) in [6, 6.07) is -2.66. The number of carbonyl (C=O) groups is 5. The van der Waals surface area contributed by atoms with Crippen LogP contribution in [0.1, 0.15) is 39.3 Å². The molecule has 364 valence electrons. The van der Waals surface area contributed by atoms with E-state index in [0.29, 0.717) is 0 Å². The second-order valence-electron chi connectivity index (χ2n) is 15.5. The van der Waals surface area contributed by atoms with E-state index in [1.54, 1.807) is 0 Å². The summed E-state index contributed by atoms with van der Waals surface area (Å²) in [5.74, 6) is -3.91. The number of nitrogens with one attached hydrogen (secondary N) is 6. The van der Waals surface area contributed by atoms with Gasteiger partial charge >= 0.3 is 0 Å². The van der Waals surface area contributed by atoms with Gasteiger partial charge in [0.2, 0.25) is 35.5 Å². The third kappa shape index (κ3) is 12.9. The number of nitrogen functional groups attached to an aromatic ring is 1. The highest BCUT2D eigenvalue weighted by molar-refractivity contribution is 5.88. The van der Waals surface area contributed by atoms with E-state index in [2.05, 4.69) is 41.5 Å². The van der Waals surface area contributed by atoms with E-state index in [4.69, 9.17) is 29.4 Å². The van der Waals surface area contributed by atoms with E-state index in [0.717, 1.165) is 13.3 Å². The highest BCUT2D eigenvalue weighted by Gasteiger charge is 2.47. The number of nitrogens with zero attached hydrogens (tertiary/aromatic N) is 3. The number of rotatable bonds is 20. The maximum atomic E-state index is 13.6. The van der Waals surface area contributed by atoms with Crippen molar-refractivity contribution < 1.29 is 88.5 Å². The van der Waals surface area contributed by atoms with Crippen LogP contribution in [0.5, 0.6) is 0 Å². The fourth-order valence-corrected chi connectivity index (χ4v) is 7.16. The number of hydrogen-bond donors (Lipinski definition) is 15. The number of H-pyrrole nitrogens is 1. The molecule has 0 spiro atoms. The standard InChI is InChI=1S/C36H56N10O19/c1-13-23(52)27(56)29(58)35(63-13)62-10-19(50)39-8-18(49)38-6-4-3-5-15(43-20(51)11-61-34-21(42-14(2)48)26(55)25(54)17(9-47)65-34)31(59)40-7-16-24(53)28(57)33(64-16)46-12-41-22-30(46)44-36(37)45-32(22)60/h12-13,15-17,21,23-29,33-35,47,52-58H,3-11H2,1-2H3,(H,38,49)(H,39,50)(H,40,59)(H,42,48)(H,43,51)(H3,37,44,45,60)/t13-,15-,16+,17+,21+,23+,24+,25+,26+,27+,28+,29-,33+,34+,35-/m0/s1. The van der Waals surface area contributed by atoms with Crippen molar-refractivity contribution in [2.45, 2.75) is 125 Å². The van der Waals surface area contributed by atoms with E-state index < -0.39 is 160 Å². The Kier molecular flexibility index (Phi) is 18.0. The zero-order valence-corrected chi connectivity index (χ0v) is 35.1. The number of amides is 5. The maximum absolute atomic E-state index is 13.6. The van der Waals surface area contributed by atoms with Crippen molar-refractivity contribution in [1.29, 1.82) is 0 Å². The molecular weight excluding hydrogens is 876 g/mol. The molecule has 5 heterocycles. The van der Waals surface area contributed by atoms with Crippen molar-refractivity contribution in [3.8, 4) is 0 Å². The molecule has 0 aromatic carbocycles. The summed E-state index contributed by atoms with van der Waals surface area (Å²) in [6.45, 7) is -0.458. The number of aliphatic hydroxyl groups is 8. The second kappa shape index (κ2) is 22.9. The summed E-state index contributed by atoms with van der Waals surface area (Å²) >= 11 is 0. The third-order valence-corrected chi connectivity index (χ3v) is 10.7. The highest BCUT2D eigenvalue weighted by atomic mass is 16.7. The summed E-state index contributed by atoms with van der Waals surface area (Å²) in [7, 11) is 0. The van der Waals surface area contributed by atoms with Crippen LogP contribution in [0.4, 0.5) is 5.95 Å². The monoisotopic (exact) mass is 932 g/mol. The van der Waals surface area contributed by atoms with Crippen LogP contribution >= 0.6 is 0 Å². The molecule has 65 heavy (non-hydrogen) atoms. The van der Waals surface area contributed by atoms with Crippen molar-refractivity contribution >= 4 is 46.6 Å². The predicted octanol–water partition coefficient (Wildman–Crippen LogP) is -8.87. The van der Waals surface area contributed by atoms with Crippen LogP contribution in [-0.2, 0) is 47.7 Å². The molecule has 15 atom stereocenters. The summed E-state index contributed by atoms with van der Waals surface area (Å²) in [5, 5.41) is 94.1. The van der Waals surface area contributed by atoms with Gasteiger partial charge in [-0.3, -0.25) is 38.3 Å². The smallest absolute Gasteiger partial charge is 0.280 e. The van der Waals surface area contributed by atoms with Gasteiger partial charge in [-0.25, -0.2) is 4.98 Å². The number of imidazole rings is 1. The van der Waals surface area contributed by atoms with Crippen molar-refractivity contribution in [3.63, 3.8) is 0 Å². The van der Waals surface area contributed by atoms with E-state index >= 15 is 0 Å². The highest BCUT2D eigenvalue weighted by Crippen LogP contribution is 2.31. The lowest BCUT2D eigenvalue weighted by Crippen LogP contribution is -2.64. The first kappa shape index (κ1) is 51.0. The lowest BCUT2D eigenvalue weighted by molar-refractivity contribution is -0.291. The molecule has 2 aromatic rings. The lowest BCUT2D eigenvalue weighted by Gasteiger charge is -2.42. The Balaban J connectivity index is 1.14. The molecule has 3 aliphatic heterocycles. The Morgan fingerprint density at radius 2 is 1.52 bits per heavy atom. The van der Waals surface area contributed by atoms with Crippen LogP contribution in [0.15, 0.2) is 11.1 Å². The minimum atomic E-state index is -1.66. The molecule has 16 N–H and O–H groups in total. The predicted molar refractivity (Wildman–Crippen MR) is 213 cm³/mol. The molecule has 0 saturated carbocycles. The fourth-order valence-electron chi connectivity index (χ4n) is 7.16. The summed E-state index contributed by atoms with van der Waals surface area (Å²) < 4.78 is 28.4. The first-order valence-electron chi connectivity index (χ1n) is 20.5. The molecule has 0 bridgehead atoms. The van der Waals surface area contributed by atoms with Crippen LogP contribution < -0.4 is 37.9 Å². The van der Waals surface area contributed by atoms with Crippen molar-refractivity contribution in [1.82, 2.24) is 46.1 Å². The quantitative estimate of drug-likeness (QED) is 0.0548. The molecular formula is C36H56N10O19. The number of nitrogens with two attached hydrogens (primary N) is 1. The van der Waals surface area contributed by atoms with Gasteiger partial charge in [-0.15, -0.1) is 0 Å². The van der Waals surface area contributed by atoms with E-state index in [1.807, 2.05) is 0 Å². The minimum absolute atomic E-state index is 0.0467. The number of hydrogen-bond acceptors (Lipinski definition) is 22. The molecule has 29 heteroatoms. The van der Waals surface area contributed by atoms with Gasteiger partial charge in [0.15, 0.2) is 30.0 Å². The summed E-state index contributed by atoms with van der Waals surface area (Å²) in [5.41, 5.74) is 4.84. The Hall–Kier alpha value is -5.02. The van der Waals surface area contributed by atoms with Crippen LogP contribution in [-0.4, -0.2) is 215 Å². The fraction of sp³-hybridized carbons (Fsp3) is 0.722. The molecule has 2 aromatic heterocycles. The molecule has 5 amide bonds. The third-order valence-electron chi connectivity index (χ3n) is 10.7. The van der Waals surface area contributed by atoms with Crippen LogP contribution in [0, 0.1) is 0 Å². The minimum Gasteiger partial charge on any atom is -0.394 e. The van der Waals surface area contributed by atoms with Crippen molar-refractivity contribution in [2.75, 3.05) is 45.2 Å². The van der Waals surface area contributed by atoms with Crippen molar-refractivity contribution in [2.24, 2.45) is 0 Å². The van der Waals surface area contributed by atoms with Crippen molar-refractivity contribution in [3.05, 3.63) is 16.7 Å². The number of ether oxygens (including phenoxy) is 5. The van der Waals surface area contributed by atoms with E-state index in [9.17, 15) is 69.6 Å². The number of aliphatic hydroxyl groups excluding tert-OH is 8. The Morgan fingerprint density at radius 3 is 2.23 bits per heavy atom. The molecule has 0 radical (unpaired) electrons. The Morgan fingerprint density at radius 1 is 0.831 bits per heavy atom. The first-order chi connectivity index (χ1) is 30.8. The van der Waals surface area contributed by atoms with Crippen LogP contribution in [0.2, 0.25) is 0 Å². The molecule has 0 unspecified atom stereocenters. The molecule has 0 aliphatic carbocycles. The number of aromatic amines is 1. The number of unbranched alkanes of at least 4 members (excludes halogenated alkanes) is 1. The van der Waals surface area contributed by atoms with Gasteiger partial charge in [0.1, 0.15) is 80.2 Å². The average molecular weight is 933 g/mol. The molecule has 3 aliphatic rings. The molecule has 5 rings (SSSR count). The number of aromatic nitrogens is 4. The average Bonchev–Trinajstić information content (AvgIpc) is 3.81. The number of anilines is 1. The van der Waals surface area contributed by atoms with E-state index in [-0.39, 0.29) is 42.9 Å². The van der Waals surface area contributed by atoms with Gasteiger partial charge in [0, 0.05) is 20.0 Å². The number of carbonyl (C=O) groups excluding carboxylic acids is 5. The van der Waals surface area contributed by atoms with Gasteiger partial charge in [0.05, 0.1) is 25.6 Å². The lowest BCUT2D eigenvalue weighted by atomic mass is 9.97. The molecule has 3 fully saturated rings. The molecule has 3 saturated heterocycles. The largest absolute Gasteiger partial charge is 0.394 e. The zero-order valence-electron chi connectivity index (χ0n) is 35.1. The Bertz CT molecular complexity index is 2030. The molecule has 29 nitrogen and oxygen atoms in total. The number of fused-ring (bicyclic) bond motifs is 1. The summed E-state index contributed by atoms with van der Waals surface area (Å²) in [6.07, 6.45) is -17.2.